The van der Waals surface area contributed by atoms with Crippen LogP contribution in [0.5, 0.6) is 0 Å². The second-order valence-electron chi connectivity index (χ2n) is 2.69. The Labute approximate surface area is 102 Å². The third-order valence-electron chi connectivity index (χ3n) is 1.71. The van der Waals surface area contributed by atoms with Crippen LogP contribution < -0.4 is 0 Å². The second-order valence-corrected chi connectivity index (χ2v) is 4.49. The summed E-state index contributed by atoms with van der Waals surface area (Å²) in [6.45, 7) is 0. The van der Waals surface area contributed by atoms with Crippen molar-refractivity contribution in [2.45, 2.75) is 0 Å². The van der Waals surface area contributed by atoms with Gasteiger partial charge in [0.2, 0.25) is 5.78 Å². The first kappa shape index (κ1) is 10.1. The van der Waals surface area contributed by atoms with Gasteiger partial charge < -0.3 is 4.42 Å². The van der Waals surface area contributed by atoms with Crippen LogP contribution in [0.2, 0.25) is 0 Å². The van der Waals surface area contributed by atoms with E-state index in [1.54, 1.807) is 0 Å². The average molecular weight is 366 g/mol. The highest BCUT2D eigenvalue weighted by molar-refractivity contribution is 14.1. The largest absolute Gasteiger partial charge is 0.434 e. The van der Waals surface area contributed by atoms with Crippen molar-refractivity contribution in [3.63, 3.8) is 0 Å². The van der Waals surface area contributed by atoms with E-state index in [2.05, 4.69) is 43.5 Å². The Kier molecular flexibility index (Phi) is 2.87. The molecule has 72 valence electrons. The van der Waals surface area contributed by atoms with Crippen LogP contribution in [-0.2, 0) is 0 Å². The smallest absolute Gasteiger partial charge is 0.265 e. The lowest BCUT2D eigenvalue weighted by atomic mass is 10.3. The molecule has 1 heterocycles. The average Bonchev–Trinajstić information content (AvgIpc) is 2.59. The van der Waals surface area contributed by atoms with Crippen LogP contribution in [-0.4, -0.2) is 16.1 Å². The van der Waals surface area contributed by atoms with Crippen molar-refractivity contribution in [2.24, 2.45) is 0 Å². The predicted octanol–water partition coefficient (Wildman–Crippen LogP) is 3.01. The molecule has 0 bridgehead atoms. The fraction of sp³-hybridized carbons (Fsp3) is 0.111. The number of halogens is 2. The molecule has 0 N–H and O–H groups in total. The number of rotatable bonds is 2. The Morgan fingerprint density at radius 1 is 1.57 bits per heavy atom. The Bertz CT molecular complexity index is 495. The maximum atomic E-state index is 11.3. The minimum Gasteiger partial charge on any atom is -0.434 e. The first-order valence-corrected chi connectivity index (χ1v) is 6.06. The molecule has 0 amide bonds. The third kappa shape index (κ3) is 1.83. The first-order chi connectivity index (χ1) is 6.70. The van der Waals surface area contributed by atoms with E-state index in [9.17, 15) is 4.79 Å². The summed E-state index contributed by atoms with van der Waals surface area (Å²) < 4.78 is 6.35. The maximum absolute atomic E-state index is 11.3. The highest BCUT2D eigenvalue weighted by atomic mass is 127. The molecule has 2 rings (SSSR count). The molecule has 0 fully saturated rings. The summed E-state index contributed by atoms with van der Waals surface area (Å²) in [5.74, 6) is 0.0232. The quantitative estimate of drug-likeness (QED) is 0.466. The summed E-state index contributed by atoms with van der Waals surface area (Å²) in [5.41, 5.74) is 1.37. The van der Waals surface area contributed by atoms with Gasteiger partial charge in [-0.25, -0.2) is 4.98 Å². The lowest BCUT2D eigenvalue weighted by Gasteiger charge is -1.86. The molecule has 0 spiro atoms. The molecule has 0 aliphatic carbocycles. The van der Waals surface area contributed by atoms with Crippen LogP contribution >= 0.6 is 38.5 Å². The molecule has 1 aromatic carbocycles. The molecule has 2 aromatic rings. The van der Waals surface area contributed by atoms with Gasteiger partial charge in [-0.3, -0.25) is 4.79 Å². The number of aromatic nitrogens is 1. The van der Waals surface area contributed by atoms with Gasteiger partial charge in [-0.1, -0.05) is 15.9 Å². The van der Waals surface area contributed by atoms with Gasteiger partial charge in [0.1, 0.15) is 5.52 Å². The molecule has 3 nitrogen and oxygen atoms in total. The number of hydrogen-bond acceptors (Lipinski definition) is 3. The van der Waals surface area contributed by atoms with E-state index in [-0.39, 0.29) is 17.0 Å². The highest BCUT2D eigenvalue weighted by Crippen LogP contribution is 2.18. The molecule has 0 aliphatic heterocycles. The van der Waals surface area contributed by atoms with Crippen molar-refractivity contribution in [1.82, 2.24) is 4.98 Å². The number of ketones is 1. The van der Waals surface area contributed by atoms with Gasteiger partial charge in [0.25, 0.3) is 5.89 Å². The number of alkyl halides is 1. The minimum atomic E-state index is -0.142. The van der Waals surface area contributed by atoms with E-state index in [1.807, 2.05) is 18.2 Å². The van der Waals surface area contributed by atoms with Crippen LogP contribution in [0, 0.1) is 3.57 Å². The summed E-state index contributed by atoms with van der Waals surface area (Å²) >= 11 is 5.26. The van der Waals surface area contributed by atoms with Crippen LogP contribution in [0.4, 0.5) is 0 Å². The van der Waals surface area contributed by atoms with E-state index in [0.717, 1.165) is 9.09 Å². The van der Waals surface area contributed by atoms with Crippen LogP contribution in [0.25, 0.3) is 11.1 Å². The van der Waals surface area contributed by atoms with Gasteiger partial charge in [-0.2, -0.15) is 0 Å². The van der Waals surface area contributed by atoms with E-state index in [1.165, 1.54) is 0 Å². The lowest BCUT2D eigenvalue weighted by molar-refractivity contribution is 0.0989. The molecule has 0 saturated heterocycles. The molecule has 5 heteroatoms. The molecule has 0 aliphatic rings. The number of carbonyl (C=O) groups excluding carboxylic acids is 1. The number of hydrogen-bond donors (Lipinski definition) is 0. The molecule has 0 radical (unpaired) electrons. The molecular formula is C9H5BrINO2. The van der Waals surface area contributed by atoms with Crippen LogP contribution in [0.3, 0.4) is 0 Å². The van der Waals surface area contributed by atoms with E-state index in [4.69, 9.17) is 4.42 Å². The third-order valence-corrected chi connectivity index (χ3v) is 2.89. The van der Waals surface area contributed by atoms with Crippen molar-refractivity contribution < 1.29 is 9.21 Å². The predicted molar refractivity (Wildman–Crippen MR) is 64.9 cm³/mol. The van der Waals surface area contributed by atoms with Gasteiger partial charge in [-0.15, -0.1) is 0 Å². The molecule has 0 unspecified atom stereocenters. The summed E-state index contributed by atoms with van der Waals surface area (Å²) in [7, 11) is 0. The fourth-order valence-electron chi connectivity index (χ4n) is 1.08. The maximum Gasteiger partial charge on any atom is 0.265 e. The van der Waals surface area contributed by atoms with E-state index in [0.29, 0.717) is 5.58 Å². The summed E-state index contributed by atoms with van der Waals surface area (Å²) in [6.07, 6.45) is 0. The molecule has 1 aromatic heterocycles. The molecule has 0 atom stereocenters. The van der Waals surface area contributed by atoms with Gasteiger partial charge >= 0.3 is 0 Å². The number of Topliss-reactive ketones (excluding diaryl/α,β-unsaturated/α-hetero) is 1. The van der Waals surface area contributed by atoms with Gasteiger partial charge in [0, 0.05) is 3.57 Å². The van der Waals surface area contributed by atoms with E-state index < -0.39 is 0 Å². The van der Waals surface area contributed by atoms with Crippen LogP contribution in [0.15, 0.2) is 22.6 Å². The van der Waals surface area contributed by atoms with Gasteiger partial charge in [0.15, 0.2) is 5.58 Å². The topological polar surface area (TPSA) is 43.1 Å². The van der Waals surface area contributed by atoms with E-state index >= 15 is 0 Å². The zero-order valence-corrected chi connectivity index (χ0v) is 10.7. The van der Waals surface area contributed by atoms with Crippen molar-refractivity contribution in [1.29, 1.82) is 0 Å². The number of benzene rings is 1. The van der Waals surface area contributed by atoms with Gasteiger partial charge in [-0.05, 0) is 40.8 Å². The first-order valence-electron chi connectivity index (χ1n) is 3.86. The standard InChI is InChI=1S/C9H5BrINO2/c10-4-7(13)9-12-6-3-5(11)1-2-8(6)14-9/h1-3H,4H2. The normalized spacial score (nSPS) is 10.7. The van der Waals surface area contributed by atoms with Crippen molar-refractivity contribution in [3.8, 4) is 0 Å². The summed E-state index contributed by atoms with van der Waals surface area (Å²) in [4.78, 5) is 15.4. The van der Waals surface area contributed by atoms with Gasteiger partial charge in [0.05, 0.1) is 5.33 Å². The Balaban J connectivity index is 2.56. The SMILES string of the molecule is O=C(CBr)c1nc2cc(I)ccc2o1. The molecular weight excluding hydrogens is 361 g/mol. The zero-order valence-electron chi connectivity index (χ0n) is 6.96. The number of oxazole rings is 1. The number of fused-ring (bicyclic) bond motifs is 1. The summed E-state index contributed by atoms with van der Waals surface area (Å²) in [5, 5.41) is 0.233. The van der Waals surface area contributed by atoms with Crippen molar-refractivity contribution >= 4 is 55.4 Å². The monoisotopic (exact) mass is 365 g/mol. The molecule has 0 saturated carbocycles. The van der Waals surface area contributed by atoms with Crippen LogP contribution in [0.1, 0.15) is 10.7 Å². The Morgan fingerprint density at radius 2 is 2.36 bits per heavy atom. The second kappa shape index (κ2) is 3.98. The number of nitrogens with zero attached hydrogens (tertiary/aromatic N) is 1. The zero-order chi connectivity index (χ0) is 10.1. The van der Waals surface area contributed by atoms with Crippen molar-refractivity contribution in [3.05, 3.63) is 27.7 Å². The highest BCUT2D eigenvalue weighted by Gasteiger charge is 2.12. The Morgan fingerprint density at radius 3 is 3.07 bits per heavy atom. The summed E-state index contributed by atoms with van der Waals surface area (Å²) in [6, 6.07) is 5.61. The lowest BCUT2D eigenvalue weighted by Crippen LogP contribution is -1.99. The van der Waals surface area contributed by atoms with Crippen molar-refractivity contribution in [2.75, 3.05) is 5.33 Å². The Hall–Kier alpha value is -0.430. The number of carbonyl (C=O) groups is 1. The fourth-order valence-corrected chi connectivity index (χ4v) is 1.79. The molecule has 14 heavy (non-hydrogen) atoms. The minimum absolute atomic E-state index is 0.142.